The number of hydrogen-bond donors (Lipinski definition) is 1. The molecule has 0 aromatic heterocycles. The van der Waals surface area contributed by atoms with Crippen molar-refractivity contribution in [1.29, 1.82) is 0 Å². The third kappa shape index (κ3) is 3.16. The van der Waals surface area contributed by atoms with Crippen molar-refractivity contribution in [3.05, 3.63) is 29.8 Å². The lowest BCUT2D eigenvalue weighted by Gasteiger charge is -2.21. The summed E-state index contributed by atoms with van der Waals surface area (Å²) in [5, 5.41) is 3.27. The van der Waals surface area contributed by atoms with E-state index in [1.807, 2.05) is 6.92 Å². The number of rotatable bonds is 3. The molecule has 1 N–H and O–H groups in total. The quantitative estimate of drug-likeness (QED) is 0.899. The van der Waals surface area contributed by atoms with Gasteiger partial charge in [0.1, 0.15) is 11.9 Å². The summed E-state index contributed by atoms with van der Waals surface area (Å²) < 4.78 is 43.2. The Kier molecular flexibility index (Phi) is 3.80. The summed E-state index contributed by atoms with van der Waals surface area (Å²) in [6.07, 6.45) is -2.37. The highest BCUT2D eigenvalue weighted by Crippen LogP contribution is 2.31. The monoisotopic (exact) mass is 259 g/mol. The highest BCUT2D eigenvalue weighted by atomic mass is 19.4. The molecule has 0 bridgehead atoms. The van der Waals surface area contributed by atoms with Crippen LogP contribution in [-0.4, -0.2) is 18.7 Å². The second-order valence-corrected chi connectivity index (χ2v) is 4.55. The van der Waals surface area contributed by atoms with Crippen molar-refractivity contribution < 1.29 is 17.9 Å². The SMILES string of the molecule is CC(Oc1cccc(C(F)(F)F)c1)C1CCCN1. The highest BCUT2D eigenvalue weighted by Gasteiger charge is 2.31. The Labute approximate surface area is 104 Å². The summed E-state index contributed by atoms with van der Waals surface area (Å²) >= 11 is 0. The third-order valence-corrected chi connectivity index (χ3v) is 3.15. The third-order valence-electron chi connectivity index (χ3n) is 3.15. The molecule has 2 unspecified atom stereocenters. The van der Waals surface area contributed by atoms with Crippen molar-refractivity contribution in [3.8, 4) is 5.75 Å². The van der Waals surface area contributed by atoms with Gasteiger partial charge in [-0.1, -0.05) is 6.07 Å². The van der Waals surface area contributed by atoms with E-state index in [4.69, 9.17) is 4.74 Å². The van der Waals surface area contributed by atoms with Gasteiger partial charge in [-0.15, -0.1) is 0 Å². The lowest BCUT2D eigenvalue weighted by Crippen LogP contribution is -2.36. The Balaban J connectivity index is 2.04. The summed E-state index contributed by atoms with van der Waals surface area (Å²) in [7, 11) is 0. The van der Waals surface area contributed by atoms with Gasteiger partial charge in [0.15, 0.2) is 0 Å². The summed E-state index contributed by atoms with van der Waals surface area (Å²) in [6.45, 7) is 2.82. The fourth-order valence-electron chi connectivity index (χ4n) is 2.15. The van der Waals surface area contributed by atoms with Gasteiger partial charge in [0.25, 0.3) is 0 Å². The molecule has 2 atom stereocenters. The molecule has 1 aliphatic heterocycles. The molecule has 0 radical (unpaired) electrons. The van der Waals surface area contributed by atoms with Crippen LogP contribution in [0.1, 0.15) is 25.3 Å². The zero-order valence-corrected chi connectivity index (χ0v) is 10.1. The molecule has 2 nitrogen and oxygen atoms in total. The smallest absolute Gasteiger partial charge is 0.416 e. The van der Waals surface area contributed by atoms with Crippen molar-refractivity contribution in [2.24, 2.45) is 0 Å². The summed E-state index contributed by atoms with van der Waals surface area (Å²) in [5.41, 5.74) is -0.674. The fraction of sp³-hybridized carbons (Fsp3) is 0.538. The van der Waals surface area contributed by atoms with Crippen molar-refractivity contribution in [3.63, 3.8) is 0 Å². The molecule has 5 heteroatoms. The van der Waals surface area contributed by atoms with Gasteiger partial charge in [0.05, 0.1) is 5.56 Å². The van der Waals surface area contributed by atoms with Crippen LogP contribution < -0.4 is 10.1 Å². The van der Waals surface area contributed by atoms with Gasteiger partial charge in [0.2, 0.25) is 0 Å². The minimum Gasteiger partial charge on any atom is -0.489 e. The van der Waals surface area contributed by atoms with E-state index in [-0.39, 0.29) is 17.9 Å². The molecule has 1 aromatic rings. The van der Waals surface area contributed by atoms with Crippen LogP contribution in [0, 0.1) is 0 Å². The van der Waals surface area contributed by atoms with E-state index in [2.05, 4.69) is 5.32 Å². The van der Waals surface area contributed by atoms with E-state index in [0.29, 0.717) is 0 Å². The van der Waals surface area contributed by atoms with Crippen molar-refractivity contribution >= 4 is 0 Å². The molecule has 0 spiro atoms. The van der Waals surface area contributed by atoms with Crippen LogP contribution in [0.4, 0.5) is 13.2 Å². The number of hydrogen-bond acceptors (Lipinski definition) is 2. The lowest BCUT2D eigenvalue weighted by atomic mass is 10.1. The molecule has 1 aliphatic rings. The Morgan fingerprint density at radius 1 is 1.39 bits per heavy atom. The molecule has 1 aromatic carbocycles. The van der Waals surface area contributed by atoms with Crippen LogP contribution in [0.5, 0.6) is 5.75 Å². The number of alkyl halides is 3. The predicted octanol–water partition coefficient (Wildman–Crippen LogP) is 3.22. The number of ether oxygens (including phenoxy) is 1. The van der Waals surface area contributed by atoms with E-state index >= 15 is 0 Å². The van der Waals surface area contributed by atoms with Gasteiger partial charge < -0.3 is 10.1 Å². The van der Waals surface area contributed by atoms with Gasteiger partial charge in [-0.25, -0.2) is 0 Å². The van der Waals surface area contributed by atoms with Crippen LogP contribution in [-0.2, 0) is 6.18 Å². The van der Waals surface area contributed by atoms with Crippen LogP contribution >= 0.6 is 0 Å². The normalized spacial score (nSPS) is 21.9. The summed E-state index contributed by atoms with van der Waals surface area (Å²) in [6, 6.07) is 5.24. The Hall–Kier alpha value is -1.23. The lowest BCUT2D eigenvalue weighted by molar-refractivity contribution is -0.137. The molecule has 0 aliphatic carbocycles. The Morgan fingerprint density at radius 2 is 2.17 bits per heavy atom. The zero-order valence-electron chi connectivity index (χ0n) is 10.1. The fourth-order valence-corrected chi connectivity index (χ4v) is 2.15. The van der Waals surface area contributed by atoms with E-state index in [0.717, 1.165) is 31.5 Å². The number of halogens is 3. The van der Waals surface area contributed by atoms with Crippen molar-refractivity contribution in [2.45, 2.75) is 38.1 Å². The second kappa shape index (κ2) is 5.18. The van der Waals surface area contributed by atoms with Crippen LogP contribution in [0.2, 0.25) is 0 Å². The van der Waals surface area contributed by atoms with Gasteiger partial charge in [0, 0.05) is 6.04 Å². The second-order valence-electron chi connectivity index (χ2n) is 4.55. The van der Waals surface area contributed by atoms with Crippen LogP contribution in [0.3, 0.4) is 0 Å². The molecule has 0 saturated carbocycles. The molecular formula is C13H16F3NO. The largest absolute Gasteiger partial charge is 0.489 e. The van der Waals surface area contributed by atoms with Gasteiger partial charge in [-0.05, 0) is 44.5 Å². The maximum atomic E-state index is 12.5. The molecule has 1 heterocycles. The van der Waals surface area contributed by atoms with E-state index in [1.165, 1.54) is 6.07 Å². The summed E-state index contributed by atoms with van der Waals surface area (Å²) in [5.74, 6) is 0.269. The van der Waals surface area contributed by atoms with Gasteiger partial charge in [-0.2, -0.15) is 13.2 Å². The summed E-state index contributed by atoms with van der Waals surface area (Å²) in [4.78, 5) is 0. The molecule has 18 heavy (non-hydrogen) atoms. The first-order chi connectivity index (χ1) is 8.47. The Morgan fingerprint density at radius 3 is 2.78 bits per heavy atom. The first kappa shape index (κ1) is 13.2. The zero-order chi connectivity index (χ0) is 13.2. The van der Waals surface area contributed by atoms with E-state index in [1.54, 1.807) is 6.07 Å². The number of nitrogens with one attached hydrogen (secondary N) is 1. The maximum absolute atomic E-state index is 12.5. The first-order valence-electron chi connectivity index (χ1n) is 6.04. The van der Waals surface area contributed by atoms with Crippen LogP contribution in [0.25, 0.3) is 0 Å². The van der Waals surface area contributed by atoms with Gasteiger partial charge >= 0.3 is 6.18 Å². The standard InChI is InChI=1S/C13H16F3NO/c1-9(12-6-3-7-17-12)18-11-5-2-4-10(8-11)13(14,15)16/h2,4-5,8-9,12,17H,3,6-7H2,1H3. The van der Waals surface area contributed by atoms with E-state index in [9.17, 15) is 13.2 Å². The average Bonchev–Trinajstić information content (AvgIpc) is 2.81. The Bertz CT molecular complexity index is 399. The maximum Gasteiger partial charge on any atom is 0.416 e. The van der Waals surface area contributed by atoms with Gasteiger partial charge in [-0.3, -0.25) is 0 Å². The van der Waals surface area contributed by atoms with Crippen molar-refractivity contribution in [2.75, 3.05) is 6.54 Å². The number of benzene rings is 1. The minimum atomic E-state index is -4.33. The minimum absolute atomic E-state index is 0.129. The van der Waals surface area contributed by atoms with E-state index < -0.39 is 11.7 Å². The molecule has 0 amide bonds. The topological polar surface area (TPSA) is 21.3 Å². The highest BCUT2D eigenvalue weighted by molar-refractivity contribution is 5.30. The van der Waals surface area contributed by atoms with Crippen LogP contribution in [0.15, 0.2) is 24.3 Å². The molecule has 2 rings (SSSR count). The molecule has 1 saturated heterocycles. The molecular weight excluding hydrogens is 243 g/mol. The average molecular weight is 259 g/mol. The molecule has 1 fully saturated rings. The van der Waals surface area contributed by atoms with Crippen molar-refractivity contribution in [1.82, 2.24) is 5.32 Å². The first-order valence-corrected chi connectivity index (χ1v) is 6.04. The predicted molar refractivity (Wildman–Crippen MR) is 62.6 cm³/mol. The molecule has 100 valence electrons.